The summed E-state index contributed by atoms with van der Waals surface area (Å²) >= 11 is 0. The first-order valence-corrected chi connectivity index (χ1v) is 8.57. The van der Waals surface area contributed by atoms with Crippen LogP contribution in [0.2, 0.25) is 0 Å². The Labute approximate surface area is 156 Å². The molecule has 6 heteroatoms. The SMILES string of the molecule is COc1ccccc1NC1c2ncccc2C(=O)N1Cc1ccc(F)cc1. The number of hydrogen-bond donors (Lipinski definition) is 1. The molecular formula is C21H18FN3O2. The molecule has 2 heterocycles. The fraction of sp³-hybridized carbons (Fsp3) is 0.143. The van der Waals surface area contributed by atoms with E-state index < -0.39 is 6.17 Å². The fourth-order valence-corrected chi connectivity index (χ4v) is 3.24. The zero-order valence-corrected chi connectivity index (χ0v) is 14.7. The number of pyridine rings is 1. The van der Waals surface area contributed by atoms with Gasteiger partial charge in [-0.15, -0.1) is 0 Å². The largest absolute Gasteiger partial charge is 0.495 e. The van der Waals surface area contributed by atoms with E-state index in [1.807, 2.05) is 24.3 Å². The number of para-hydroxylation sites is 2. The molecule has 1 unspecified atom stereocenters. The van der Waals surface area contributed by atoms with Crippen LogP contribution in [0.15, 0.2) is 66.9 Å². The number of nitrogens with one attached hydrogen (secondary N) is 1. The quantitative estimate of drug-likeness (QED) is 0.745. The van der Waals surface area contributed by atoms with Gasteiger partial charge in [-0.2, -0.15) is 0 Å². The molecule has 1 aliphatic rings. The molecule has 0 aliphatic carbocycles. The molecule has 3 aromatic rings. The van der Waals surface area contributed by atoms with Gasteiger partial charge in [0, 0.05) is 12.7 Å². The van der Waals surface area contributed by atoms with E-state index in [1.165, 1.54) is 12.1 Å². The maximum atomic E-state index is 13.2. The van der Waals surface area contributed by atoms with Gasteiger partial charge in [0.25, 0.3) is 5.91 Å². The van der Waals surface area contributed by atoms with Crippen molar-refractivity contribution in [2.75, 3.05) is 12.4 Å². The van der Waals surface area contributed by atoms with Crippen molar-refractivity contribution in [3.8, 4) is 5.75 Å². The number of fused-ring (bicyclic) bond motifs is 1. The molecule has 27 heavy (non-hydrogen) atoms. The molecule has 1 atom stereocenters. The van der Waals surface area contributed by atoms with Gasteiger partial charge in [0.05, 0.1) is 24.1 Å². The lowest BCUT2D eigenvalue weighted by Crippen LogP contribution is -2.32. The fourth-order valence-electron chi connectivity index (χ4n) is 3.24. The number of methoxy groups -OCH3 is 1. The lowest BCUT2D eigenvalue weighted by molar-refractivity contribution is 0.0727. The van der Waals surface area contributed by atoms with E-state index in [0.717, 1.165) is 11.3 Å². The second-order valence-corrected chi connectivity index (χ2v) is 6.24. The highest BCUT2D eigenvalue weighted by Gasteiger charge is 2.38. The van der Waals surface area contributed by atoms with E-state index in [0.29, 0.717) is 23.6 Å². The summed E-state index contributed by atoms with van der Waals surface area (Å²) in [5, 5.41) is 3.37. The van der Waals surface area contributed by atoms with Crippen LogP contribution in [0.25, 0.3) is 0 Å². The standard InChI is InChI=1S/C21H18FN3O2/c1-27-18-7-3-2-6-17(18)24-20-19-16(5-4-12-23-19)21(26)25(20)13-14-8-10-15(22)11-9-14/h2-12,20,24H,13H2,1H3. The molecule has 1 N–H and O–H groups in total. The molecule has 1 aliphatic heterocycles. The second-order valence-electron chi connectivity index (χ2n) is 6.24. The first-order valence-electron chi connectivity index (χ1n) is 8.57. The van der Waals surface area contributed by atoms with E-state index in [2.05, 4.69) is 10.3 Å². The zero-order valence-electron chi connectivity index (χ0n) is 14.7. The summed E-state index contributed by atoms with van der Waals surface area (Å²) in [6, 6.07) is 17.2. The Bertz CT molecular complexity index is 975. The number of ether oxygens (including phenoxy) is 1. The third kappa shape index (κ3) is 3.21. The predicted molar refractivity (Wildman–Crippen MR) is 99.9 cm³/mol. The van der Waals surface area contributed by atoms with Gasteiger partial charge in [0.1, 0.15) is 17.7 Å². The van der Waals surface area contributed by atoms with Crippen LogP contribution in [-0.2, 0) is 6.54 Å². The minimum absolute atomic E-state index is 0.116. The Balaban J connectivity index is 1.70. The summed E-state index contributed by atoms with van der Waals surface area (Å²) < 4.78 is 18.6. The van der Waals surface area contributed by atoms with E-state index in [1.54, 1.807) is 42.5 Å². The Hall–Kier alpha value is -3.41. The number of hydrogen-bond acceptors (Lipinski definition) is 4. The maximum Gasteiger partial charge on any atom is 0.258 e. The van der Waals surface area contributed by atoms with Gasteiger partial charge in [-0.25, -0.2) is 4.39 Å². The van der Waals surface area contributed by atoms with Gasteiger partial charge in [0.2, 0.25) is 0 Å². The van der Waals surface area contributed by atoms with Crippen LogP contribution in [-0.4, -0.2) is 22.9 Å². The van der Waals surface area contributed by atoms with Crippen molar-refractivity contribution in [1.29, 1.82) is 0 Å². The molecular weight excluding hydrogens is 345 g/mol. The van der Waals surface area contributed by atoms with Crippen molar-refractivity contribution in [3.05, 3.63) is 89.5 Å². The molecule has 0 saturated heterocycles. The Morgan fingerprint density at radius 1 is 1.11 bits per heavy atom. The maximum absolute atomic E-state index is 13.2. The van der Waals surface area contributed by atoms with Gasteiger partial charge in [-0.3, -0.25) is 9.78 Å². The van der Waals surface area contributed by atoms with Crippen LogP contribution < -0.4 is 10.1 Å². The molecule has 4 rings (SSSR count). The number of carbonyl (C=O) groups is 1. The third-order valence-electron chi connectivity index (χ3n) is 4.57. The Morgan fingerprint density at radius 3 is 2.67 bits per heavy atom. The highest BCUT2D eigenvalue weighted by atomic mass is 19.1. The average molecular weight is 363 g/mol. The Kier molecular flexibility index (Phi) is 4.46. The van der Waals surface area contributed by atoms with Gasteiger partial charge in [-0.05, 0) is 42.0 Å². The van der Waals surface area contributed by atoms with E-state index >= 15 is 0 Å². The molecule has 0 bridgehead atoms. The number of anilines is 1. The molecule has 0 saturated carbocycles. The lowest BCUT2D eigenvalue weighted by atomic mass is 10.2. The minimum atomic E-state index is -0.449. The van der Waals surface area contributed by atoms with Crippen molar-refractivity contribution in [3.63, 3.8) is 0 Å². The molecule has 136 valence electrons. The molecule has 0 spiro atoms. The van der Waals surface area contributed by atoms with Crippen LogP contribution >= 0.6 is 0 Å². The number of amides is 1. The van der Waals surface area contributed by atoms with Crippen molar-refractivity contribution >= 4 is 11.6 Å². The van der Waals surface area contributed by atoms with Crippen LogP contribution in [0.1, 0.15) is 27.8 Å². The molecule has 2 aromatic carbocycles. The smallest absolute Gasteiger partial charge is 0.258 e. The van der Waals surface area contributed by atoms with Crippen molar-refractivity contribution < 1.29 is 13.9 Å². The number of halogens is 1. The van der Waals surface area contributed by atoms with E-state index in [-0.39, 0.29) is 11.7 Å². The Morgan fingerprint density at radius 2 is 1.89 bits per heavy atom. The monoisotopic (exact) mass is 363 g/mol. The highest BCUT2D eigenvalue weighted by Crippen LogP contribution is 2.36. The summed E-state index contributed by atoms with van der Waals surface area (Å²) in [4.78, 5) is 19.1. The molecule has 1 amide bonds. The zero-order chi connectivity index (χ0) is 18.8. The summed E-state index contributed by atoms with van der Waals surface area (Å²) in [5.41, 5.74) is 2.83. The van der Waals surface area contributed by atoms with Gasteiger partial charge < -0.3 is 15.0 Å². The number of aromatic nitrogens is 1. The first kappa shape index (κ1) is 17.0. The predicted octanol–water partition coefficient (Wildman–Crippen LogP) is 4.00. The average Bonchev–Trinajstić information content (AvgIpc) is 2.96. The third-order valence-corrected chi connectivity index (χ3v) is 4.57. The van der Waals surface area contributed by atoms with Crippen LogP contribution in [0, 0.1) is 5.82 Å². The number of benzene rings is 2. The van der Waals surface area contributed by atoms with Gasteiger partial charge >= 0.3 is 0 Å². The summed E-state index contributed by atoms with van der Waals surface area (Å²) in [6.07, 6.45) is 1.22. The highest BCUT2D eigenvalue weighted by molar-refractivity contribution is 5.99. The lowest BCUT2D eigenvalue weighted by Gasteiger charge is -2.27. The van der Waals surface area contributed by atoms with Crippen molar-refractivity contribution in [1.82, 2.24) is 9.88 Å². The number of rotatable bonds is 5. The van der Waals surface area contributed by atoms with E-state index in [9.17, 15) is 9.18 Å². The van der Waals surface area contributed by atoms with Gasteiger partial charge in [-0.1, -0.05) is 24.3 Å². The van der Waals surface area contributed by atoms with Crippen LogP contribution in [0.3, 0.4) is 0 Å². The van der Waals surface area contributed by atoms with Crippen LogP contribution in [0.5, 0.6) is 5.75 Å². The topological polar surface area (TPSA) is 54.5 Å². The van der Waals surface area contributed by atoms with Crippen LogP contribution in [0.4, 0.5) is 10.1 Å². The number of carbonyl (C=O) groups excluding carboxylic acids is 1. The summed E-state index contributed by atoms with van der Waals surface area (Å²) in [5.74, 6) is 0.256. The molecule has 1 aromatic heterocycles. The van der Waals surface area contributed by atoms with E-state index in [4.69, 9.17) is 4.74 Å². The molecule has 0 fully saturated rings. The van der Waals surface area contributed by atoms with Crippen molar-refractivity contribution in [2.24, 2.45) is 0 Å². The summed E-state index contributed by atoms with van der Waals surface area (Å²) in [7, 11) is 1.60. The minimum Gasteiger partial charge on any atom is -0.495 e. The normalized spacial score (nSPS) is 15.6. The van der Waals surface area contributed by atoms with Gasteiger partial charge in [0.15, 0.2) is 0 Å². The molecule has 0 radical (unpaired) electrons. The first-order chi connectivity index (χ1) is 13.2. The second kappa shape index (κ2) is 7.07. The number of nitrogens with zero attached hydrogens (tertiary/aromatic N) is 2. The summed E-state index contributed by atoms with van der Waals surface area (Å²) in [6.45, 7) is 0.336. The molecule has 5 nitrogen and oxygen atoms in total. The van der Waals surface area contributed by atoms with Crippen molar-refractivity contribution in [2.45, 2.75) is 12.7 Å².